The average molecular weight is 251 g/mol. The minimum atomic E-state index is 0.425. The molecule has 1 saturated heterocycles. The van der Waals surface area contributed by atoms with Gasteiger partial charge in [0, 0.05) is 36.6 Å². The highest BCUT2D eigenvalue weighted by atomic mass is 15.5. The predicted octanol–water partition coefficient (Wildman–Crippen LogP) is 1.89. The number of rotatable bonds is 2. The summed E-state index contributed by atoms with van der Waals surface area (Å²) in [7, 11) is 0. The van der Waals surface area contributed by atoms with Crippen LogP contribution < -0.4 is 4.90 Å². The summed E-state index contributed by atoms with van der Waals surface area (Å²) in [6, 6.07) is 10.8. The van der Waals surface area contributed by atoms with E-state index in [0.29, 0.717) is 6.04 Å². The van der Waals surface area contributed by atoms with E-state index in [1.807, 2.05) is 29.2 Å². The maximum Gasteiger partial charge on any atom is 0.0886 e. The molecule has 3 heterocycles. The van der Waals surface area contributed by atoms with Crippen LogP contribution >= 0.6 is 0 Å². The number of anilines is 1. The summed E-state index contributed by atoms with van der Waals surface area (Å²) in [5.74, 6) is 0. The standard InChI is InChI=1S/C14H13N5/c1-2-4-13-12(3-1)14(5-6-15-13)18-9-11(10-18)19-8-7-16-17-19/h1-8,11H,9-10H2. The molecule has 3 aromatic rings. The molecule has 0 saturated carbocycles. The van der Waals surface area contributed by atoms with Gasteiger partial charge in [0.05, 0.1) is 17.8 Å². The van der Waals surface area contributed by atoms with E-state index in [2.05, 4.69) is 38.4 Å². The first kappa shape index (κ1) is 10.5. The fourth-order valence-electron chi connectivity index (χ4n) is 2.59. The zero-order valence-electron chi connectivity index (χ0n) is 10.3. The quantitative estimate of drug-likeness (QED) is 0.697. The number of para-hydroxylation sites is 1. The number of fused-ring (bicyclic) bond motifs is 1. The third-order valence-electron chi connectivity index (χ3n) is 3.64. The van der Waals surface area contributed by atoms with Crippen molar-refractivity contribution >= 4 is 16.6 Å². The molecule has 0 unspecified atom stereocenters. The van der Waals surface area contributed by atoms with Crippen molar-refractivity contribution in [2.45, 2.75) is 6.04 Å². The molecule has 0 atom stereocenters. The van der Waals surface area contributed by atoms with Gasteiger partial charge in [-0.15, -0.1) is 5.10 Å². The highest BCUT2D eigenvalue weighted by molar-refractivity contribution is 5.91. The summed E-state index contributed by atoms with van der Waals surface area (Å²) in [4.78, 5) is 6.75. The number of benzene rings is 1. The Labute approximate surface area is 110 Å². The van der Waals surface area contributed by atoms with Crippen LogP contribution in [-0.2, 0) is 0 Å². The van der Waals surface area contributed by atoms with Gasteiger partial charge in [0.1, 0.15) is 0 Å². The molecule has 1 aliphatic rings. The molecule has 0 bridgehead atoms. The van der Waals surface area contributed by atoms with Gasteiger partial charge >= 0.3 is 0 Å². The minimum Gasteiger partial charge on any atom is -0.367 e. The second-order valence-corrected chi connectivity index (χ2v) is 4.79. The van der Waals surface area contributed by atoms with E-state index in [4.69, 9.17) is 0 Å². The lowest BCUT2D eigenvalue weighted by Gasteiger charge is -2.41. The molecule has 5 nitrogen and oxygen atoms in total. The van der Waals surface area contributed by atoms with Crippen LogP contribution in [0.3, 0.4) is 0 Å². The molecule has 4 rings (SSSR count). The molecule has 0 spiro atoms. The Morgan fingerprint density at radius 1 is 1.05 bits per heavy atom. The second-order valence-electron chi connectivity index (χ2n) is 4.79. The third-order valence-corrected chi connectivity index (χ3v) is 3.64. The first-order valence-corrected chi connectivity index (χ1v) is 6.36. The fraction of sp³-hybridized carbons (Fsp3) is 0.214. The van der Waals surface area contributed by atoms with Gasteiger partial charge in [-0.05, 0) is 12.1 Å². The topological polar surface area (TPSA) is 46.8 Å². The molecular weight excluding hydrogens is 238 g/mol. The first-order chi connectivity index (χ1) is 9.42. The number of hydrogen-bond donors (Lipinski definition) is 0. The van der Waals surface area contributed by atoms with E-state index in [9.17, 15) is 0 Å². The normalized spacial score (nSPS) is 15.7. The van der Waals surface area contributed by atoms with E-state index in [0.717, 1.165) is 18.6 Å². The van der Waals surface area contributed by atoms with E-state index < -0.39 is 0 Å². The molecule has 0 aliphatic carbocycles. The highest BCUT2D eigenvalue weighted by Gasteiger charge is 2.29. The Bertz CT molecular complexity index is 695. The third kappa shape index (κ3) is 1.66. The monoisotopic (exact) mass is 251 g/mol. The minimum absolute atomic E-state index is 0.425. The van der Waals surface area contributed by atoms with E-state index in [1.54, 1.807) is 6.20 Å². The van der Waals surface area contributed by atoms with Crippen molar-refractivity contribution in [3.8, 4) is 0 Å². The Morgan fingerprint density at radius 3 is 2.79 bits per heavy atom. The van der Waals surface area contributed by atoms with Gasteiger partial charge in [0.25, 0.3) is 0 Å². The van der Waals surface area contributed by atoms with Gasteiger partial charge < -0.3 is 4.90 Å². The second kappa shape index (κ2) is 4.05. The number of aromatic nitrogens is 4. The first-order valence-electron chi connectivity index (χ1n) is 6.36. The number of nitrogens with zero attached hydrogens (tertiary/aromatic N) is 5. The van der Waals surface area contributed by atoms with Crippen molar-refractivity contribution < 1.29 is 0 Å². The van der Waals surface area contributed by atoms with Crippen LogP contribution in [0.2, 0.25) is 0 Å². The van der Waals surface area contributed by atoms with Gasteiger partial charge in [-0.2, -0.15) is 0 Å². The Hall–Kier alpha value is -2.43. The van der Waals surface area contributed by atoms with E-state index >= 15 is 0 Å². The fourth-order valence-corrected chi connectivity index (χ4v) is 2.59. The van der Waals surface area contributed by atoms with Crippen LogP contribution in [0.5, 0.6) is 0 Å². The number of pyridine rings is 1. The zero-order valence-corrected chi connectivity index (χ0v) is 10.3. The van der Waals surface area contributed by atoms with Gasteiger partial charge in [0.15, 0.2) is 0 Å². The smallest absolute Gasteiger partial charge is 0.0886 e. The Morgan fingerprint density at radius 2 is 1.95 bits per heavy atom. The van der Waals surface area contributed by atoms with Gasteiger partial charge in [-0.3, -0.25) is 4.98 Å². The molecule has 5 heteroatoms. The van der Waals surface area contributed by atoms with Crippen molar-refractivity contribution in [3.63, 3.8) is 0 Å². The van der Waals surface area contributed by atoms with Crippen molar-refractivity contribution in [1.29, 1.82) is 0 Å². The van der Waals surface area contributed by atoms with E-state index in [1.165, 1.54) is 11.1 Å². The lowest BCUT2D eigenvalue weighted by molar-refractivity contribution is 0.361. The molecule has 19 heavy (non-hydrogen) atoms. The molecule has 2 aromatic heterocycles. The van der Waals surface area contributed by atoms with Gasteiger partial charge in [0.2, 0.25) is 0 Å². The van der Waals surface area contributed by atoms with Crippen molar-refractivity contribution in [2.75, 3.05) is 18.0 Å². The molecule has 94 valence electrons. The Kier molecular flexibility index (Phi) is 2.24. The van der Waals surface area contributed by atoms with Crippen LogP contribution in [0.25, 0.3) is 10.9 Å². The van der Waals surface area contributed by atoms with Crippen LogP contribution in [0.15, 0.2) is 48.9 Å². The maximum absolute atomic E-state index is 4.40. The maximum atomic E-state index is 4.40. The SMILES string of the molecule is c1ccc2c(N3CC(n4ccnn4)C3)ccnc2c1. The largest absolute Gasteiger partial charge is 0.367 e. The summed E-state index contributed by atoms with van der Waals surface area (Å²) in [5, 5.41) is 9.12. The summed E-state index contributed by atoms with van der Waals surface area (Å²) < 4.78 is 1.93. The highest BCUT2D eigenvalue weighted by Crippen LogP contribution is 2.32. The van der Waals surface area contributed by atoms with E-state index in [-0.39, 0.29) is 0 Å². The van der Waals surface area contributed by atoms with Crippen molar-refractivity contribution in [1.82, 2.24) is 20.0 Å². The lowest BCUT2D eigenvalue weighted by Crippen LogP contribution is -2.48. The van der Waals surface area contributed by atoms with Gasteiger partial charge in [-0.1, -0.05) is 23.4 Å². The van der Waals surface area contributed by atoms with Crippen molar-refractivity contribution in [3.05, 3.63) is 48.9 Å². The molecule has 1 aromatic carbocycles. The average Bonchev–Trinajstić information content (AvgIpc) is 2.91. The molecular formula is C14H13N5. The number of hydrogen-bond acceptors (Lipinski definition) is 4. The molecule has 1 aliphatic heterocycles. The molecule has 0 N–H and O–H groups in total. The molecule has 1 fully saturated rings. The molecule has 0 amide bonds. The predicted molar refractivity (Wildman–Crippen MR) is 73.0 cm³/mol. The van der Waals surface area contributed by atoms with Crippen LogP contribution in [0.1, 0.15) is 6.04 Å². The molecule has 0 radical (unpaired) electrons. The van der Waals surface area contributed by atoms with Crippen LogP contribution in [-0.4, -0.2) is 33.1 Å². The van der Waals surface area contributed by atoms with Crippen LogP contribution in [0, 0.1) is 0 Å². The van der Waals surface area contributed by atoms with Crippen LogP contribution in [0.4, 0.5) is 5.69 Å². The van der Waals surface area contributed by atoms with Gasteiger partial charge in [-0.25, -0.2) is 4.68 Å². The summed E-state index contributed by atoms with van der Waals surface area (Å²) >= 11 is 0. The van der Waals surface area contributed by atoms with Crippen molar-refractivity contribution in [2.24, 2.45) is 0 Å². The zero-order chi connectivity index (χ0) is 12.7. The summed E-state index contributed by atoms with van der Waals surface area (Å²) in [6.45, 7) is 1.94. The Balaban J connectivity index is 1.63. The lowest BCUT2D eigenvalue weighted by atomic mass is 10.1. The summed E-state index contributed by atoms with van der Waals surface area (Å²) in [5.41, 5.74) is 2.30. The summed E-state index contributed by atoms with van der Waals surface area (Å²) in [6.07, 6.45) is 5.53.